The van der Waals surface area contributed by atoms with Gasteiger partial charge in [0.1, 0.15) is 23.3 Å². The van der Waals surface area contributed by atoms with E-state index in [0.717, 1.165) is 12.0 Å². The second kappa shape index (κ2) is 5.34. The van der Waals surface area contributed by atoms with Crippen LogP contribution in [0.1, 0.15) is 39.7 Å². The Hall–Kier alpha value is -1.13. The molecule has 2 rings (SSSR count). The Morgan fingerprint density at radius 2 is 2.00 bits per heavy atom. The molecule has 112 valence electrons. The molecule has 1 fully saturated rings. The molecule has 20 heavy (non-hydrogen) atoms. The molecule has 0 amide bonds. The Morgan fingerprint density at radius 1 is 1.30 bits per heavy atom. The molecule has 1 heterocycles. The van der Waals surface area contributed by atoms with Gasteiger partial charge in [0, 0.05) is 12.5 Å². The maximum Gasteiger partial charge on any atom is 0.130 e. The van der Waals surface area contributed by atoms with E-state index >= 15 is 0 Å². The van der Waals surface area contributed by atoms with Crippen LogP contribution in [0.3, 0.4) is 0 Å². The minimum absolute atomic E-state index is 0.0926. The molecule has 2 N–H and O–H groups in total. The minimum atomic E-state index is -0.385. The van der Waals surface area contributed by atoms with Crippen LogP contribution in [0.2, 0.25) is 0 Å². The van der Waals surface area contributed by atoms with E-state index < -0.39 is 0 Å². The quantitative estimate of drug-likeness (QED) is 0.922. The molecule has 1 saturated heterocycles. The van der Waals surface area contributed by atoms with Crippen LogP contribution in [-0.4, -0.2) is 23.9 Å². The highest BCUT2D eigenvalue weighted by Gasteiger charge is 2.47. The highest BCUT2D eigenvalue weighted by Crippen LogP contribution is 2.39. The largest absolute Gasteiger partial charge is 0.487 e. The van der Waals surface area contributed by atoms with Gasteiger partial charge in [-0.1, -0.05) is 0 Å². The number of benzene rings is 1. The van der Waals surface area contributed by atoms with Crippen LogP contribution in [0.5, 0.6) is 5.75 Å². The Bertz CT molecular complexity index is 485. The van der Waals surface area contributed by atoms with E-state index in [-0.39, 0.29) is 23.1 Å². The number of halogens is 1. The number of hydrogen-bond donors (Lipinski definition) is 1. The molecule has 1 unspecified atom stereocenters. The third-order valence-corrected chi connectivity index (χ3v) is 3.63. The van der Waals surface area contributed by atoms with Gasteiger partial charge >= 0.3 is 0 Å². The number of ether oxygens (including phenoxy) is 2. The van der Waals surface area contributed by atoms with Crippen LogP contribution in [0, 0.1) is 5.82 Å². The lowest BCUT2D eigenvalue weighted by molar-refractivity contribution is -0.0846. The van der Waals surface area contributed by atoms with Crippen molar-refractivity contribution in [1.29, 1.82) is 0 Å². The summed E-state index contributed by atoms with van der Waals surface area (Å²) < 4.78 is 25.6. The average molecular weight is 281 g/mol. The lowest BCUT2D eigenvalue weighted by atomic mass is 9.97. The summed E-state index contributed by atoms with van der Waals surface area (Å²) in [5.41, 5.74) is 5.77. The minimum Gasteiger partial charge on any atom is -0.487 e. The van der Waals surface area contributed by atoms with Crippen molar-refractivity contribution in [2.75, 3.05) is 6.54 Å². The average Bonchev–Trinajstić information content (AvgIpc) is 2.45. The highest BCUT2D eigenvalue weighted by molar-refractivity contribution is 5.30. The van der Waals surface area contributed by atoms with E-state index in [4.69, 9.17) is 15.2 Å². The fourth-order valence-electron chi connectivity index (χ4n) is 2.86. The maximum absolute atomic E-state index is 13.6. The van der Waals surface area contributed by atoms with Crippen LogP contribution < -0.4 is 10.5 Å². The molecule has 1 atom stereocenters. The molecule has 0 aliphatic carbocycles. The van der Waals surface area contributed by atoms with E-state index in [9.17, 15) is 4.39 Å². The van der Waals surface area contributed by atoms with Crippen molar-refractivity contribution < 1.29 is 13.9 Å². The molecular weight excluding hydrogens is 257 g/mol. The first-order valence-electron chi connectivity index (χ1n) is 7.08. The monoisotopic (exact) mass is 281 g/mol. The van der Waals surface area contributed by atoms with E-state index in [1.54, 1.807) is 0 Å². The van der Waals surface area contributed by atoms with Crippen molar-refractivity contribution in [3.8, 4) is 5.75 Å². The van der Waals surface area contributed by atoms with E-state index in [1.807, 2.05) is 33.8 Å². The summed E-state index contributed by atoms with van der Waals surface area (Å²) in [6.45, 7) is 8.60. The molecule has 4 heteroatoms. The second-order valence-electron chi connectivity index (χ2n) is 6.61. The number of rotatable bonds is 4. The van der Waals surface area contributed by atoms with Gasteiger partial charge < -0.3 is 15.2 Å². The van der Waals surface area contributed by atoms with Crippen LogP contribution >= 0.6 is 0 Å². The molecule has 0 saturated carbocycles. The normalized spacial score (nSPS) is 23.8. The molecule has 3 nitrogen and oxygen atoms in total. The summed E-state index contributed by atoms with van der Waals surface area (Å²) in [7, 11) is 0. The first-order chi connectivity index (χ1) is 9.22. The lowest BCUT2D eigenvalue weighted by Gasteiger charge is -2.27. The first kappa shape index (κ1) is 15.3. The van der Waals surface area contributed by atoms with Crippen molar-refractivity contribution >= 4 is 0 Å². The zero-order valence-corrected chi connectivity index (χ0v) is 12.7. The molecule has 0 radical (unpaired) electrons. The van der Waals surface area contributed by atoms with Crippen LogP contribution in [0.4, 0.5) is 4.39 Å². The Morgan fingerprint density at radius 3 is 2.55 bits per heavy atom. The van der Waals surface area contributed by atoms with Crippen LogP contribution in [-0.2, 0) is 11.2 Å². The molecule has 0 spiro atoms. The van der Waals surface area contributed by atoms with E-state index in [1.165, 1.54) is 12.1 Å². The molecular formula is C16H24FNO2. The summed E-state index contributed by atoms with van der Waals surface area (Å²) in [6, 6.07) is 4.78. The van der Waals surface area contributed by atoms with Crippen molar-refractivity contribution in [1.82, 2.24) is 0 Å². The zero-order chi connectivity index (χ0) is 15.0. The second-order valence-corrected chi connectivity index (χ2v) is 6.61. The highest BCUT2D eigenvalue weighted by atomic mass is 19.1. The first-order valence-corrected chi connectivity index (χ1v) is 7.08. The van der Waals surface area contributed by atoms with Crippen molar-refractivity contribution in [3.05, 3.63) is 29.6 Å². The summed E-state index contributed by atoms with van der Waals surface area (Å²) >= 11 is 0. The number of nitrogens with two attached hydrogens (primary N) is 1. The third-order valence-electron chi connectivity index (χ3n) is 3.63. The summed E-state index contributed by atoms with van der Waals surface area (Å²) in [4.78, 5) is 0. The van der Waals surface area contributed by atoms with Gasteiger partial charge in [-0.25, -0.2) is 4.39 Å². The van der Waals surface area contributed by atoms with Crippen LogP contribution in [0.15, 0.2) is 18.2 Å². The van der Waals surface area contributed by atoms with Crippen molar-refractivity contribution in [2.45, 2.75) is 57.8 Å². The van der Waals surface area contributed by atoms with Gasteiger partial charge in [-0.2, -0.15) is 0 Å². The van der Waals surface area contributed by atoms with Crippen molar-refractivity contribution in [2.24, 2.45) is 5.73 Å². The standard InChI is InChI=1S/C16H24FNO2/c1-15(2)10-14(16(3,4)20-15)19-13-8-11(5-6-18)7-12(17)9-13/h7-9,14H,5-6,10,18H2,1-4H3. The van der Waals surface area contributed by atoms with Crippen LogP contribution in [0.25, 0.3) is 0 Å². The molecule has 1 aliphatic heterocycles. The van der Waals surface area contributed by atoms with E-state index in [0.29, 0.717) is 18.7 Å². The zero-order valence-electron chi connectivity index (χ0n) is 12.7. The predicted molar refractivity (Wildman–Crippen MR) is 77.4 cm³/mol. The topological polar surface area (TPSA) is 44.5 Å². The fourth-order valence-corrected chi connectivity index (χ4v) is 2.86. The SMILES string of the molecule is CC1(C)CC(Oc2cc(F)cc(CCN)c2)C(C)(C)O1. The predicted octanol–water partition coefficient (Wildman–Crippen LogP) is 3.05. The third kappa shape index (κ3) is 3.49. The summed E-state index contributed by atoms with van der Waals surface area (Å²) in [6.07, 6.45) is 1.33. The van der Waals surface area contributed by atoms with Gasteiger partial charge in [-0.3, -0.25) is 0 Å². The fraction of sp³-hybridized carbons (Fsp3) is 0.625. The summed E-state index contributed by atoms with van der Waals surface area (Å²) in [5, 5.41) is 0. The maximum atomic E-state index is 13.6. The Kier molecular flexibility index (Phi) is 4.07. The molecule has 0 bridgehead atoms. The molecule has 0 aromatic heterocycles. The summed E-state index contributed by atoms with van der Waals surface area (Å²) in [5.74, 6) is 0.259. The lowest BCUT2D eigenvalue weighted by Crippen LogP contribution is -2.36. The Balaban J connectivity index is 2.17. The smallest absolute Gasteiger partial charge is 0.130 e. The van der Waals surface area contributed by atoms with Gasteiger partial charge in [0.2, 0.25) is 0 Å². The molecule has 1 aromatic carbocycles. The number of hydrogen-bond acceptors (Lipinski definition) is 3. The van der Waals surface area contributed by atoms with Gasteiger partial charge in [-0.05, 0) is 58.4 Å². The molecule has 1 aromatic rings. The van der Waals surface area contributed by atoms with Gasteiger partial charge in [0.25, 0.3) is 0 Å². The Labute approximate surface area is 120 Å². The molecule has 1 aliphatic rings. The van der Waals surface area contributed by atoms with Gasteiger partial charge in [-0.15, -0.1) is 0 Å². The van der Waals surface area contributed by atoms with Crippen molar-refractivity contribution in [3.63, 3.8) is 0 Å². The van der Waals surface area contributed by atoms with Gasteiger partial charge in [0.05, 0.1) is 5.60 Å². The van der Waals surface area contributed by atoms with Gasteiger partial charge in [0.15, 0.2) is 0 Å². The van der Waals surface area contributed by atoms with E-state index in [2.05, 4.69) is 0 Å².